The maximum atomic E-state index is 12.8. The third kappa shape index (κ3) is 4.67. The third-order valence-electron chi connectivity index (χ3n) is 7.24. The second kappa shape index (κ2) is 10.0. The predicted molar refractivity (Wildman–Crippen MR) is 148 cm³/mol. The van der Waals surface area contributed by atoms with Crippen molar-refractivity contribution in [3.05, 3.63) is 41.9 Å². The van der Waals surface area contributed by atoms with Crippen LogP contribution in [0.3, 0.4) is 0 Å². The molecule has 4 N–H and O–H groups in total. The molecule has 0 unspecified atom stereocenters. The minimum Gasteiger partial charge on any atom is -0.474 e. The van der Waals surface area contributed by atoms with Crippen LogP contribution in [0.1, 0.15) is 18.2 Å². The van der Waals surface area contributed by atoms with Gasteiger partial charge in [-0.05, 0) is 36.9 Å². The van der Waals surface area contributed by atoms with Gasteiger partial charge in [0.15, 0.2) is 5.82 Å². The van der Waals surface area contributed by atoms with E-state index in [1.165, 1.54) is 0 Å². The lowest BCUT2D eigenvalue weighted by Gasteiger charge is -2.27. The van der Waals surface area contributed by atoms with Gasteiger partial charge in [0.2, 0.25) is 11.8 Å². The number of nitrogen functional groups attached to an aromatic ring is 1. The third-order valence-corrected chi connectivity index (χ3v) is 7.24. The van der Waals surface area contributed by atoms with Crippen LogP contribution in [0.25, 0.3) is 22.0 Å². The van der Waals surface area contributed by atoms with Crippen LogP contribution in [0, 0.1) is 6.92 Å². The number of amides is 1. The molecule has 6 heterocycles. The zero-order chi connectivity index (χ0) is 27.1. The Morgan fingerprint density at radius 2 is 2.10 bits per heavy atom. The Morgan fingerprint density at radius 1 is 1.23 bits per heavy atom. The van der Waals surface area contributed by atoms with Crippen LogP contribution in [0.4, 0.5) is 23.1 Å². The summed E-state index contributed by atoms with van der Waals surface area (Å²) < 4.78 is 12.7. The standard InChI is InChI=1S/C27H31N9O3/c1-15(14-38-3)35-6-4-18-10-23(34-36(18)13-24(35)37)33-22-9-17-8-21(32-26(28)20(17)12-30-22)19-11-31-27-25(16(19)2)29-5-7-39-27/h8-12,15,29H,4-7,13-14H2,1-3H3,(H2,28,32)(H,30,33,34)/t15-/m1/s1. The minimum atomic E-state index is 0.0174. The molecule has 0 bridgehead atoms. The van der Waals surface area contributed by atoms with E-state index in [0.717, 1.165) is 45.5 Å². The van der Waals surface area contributed by atoms with Crippen molar-refractivity contribution in [1.29, 1.82) is 0 Å². The Hall–Kier alpha value is -4.45. The average molecular weight is 530 g/mol. The number of pyridine rings is 3. The molecule has 0 aliphatic carbocycles. The molecule has 12 nitrogen and oxygen atoms in total. The molecule has 4 aromatic rings. The lowest BCUT2D eigenvalue weighted by atomic mass is 10.0. The molecule has 0 saturated carbocycles. The van der Waals surface area contributed by atoms with Crippen LogP contribution < -0.4 is 21.1 Å². The summed E-state index contributed by atoms with van der Waals surface area (Å²) in [7, 11) is 1.65. The van der Waals surface area contributed by atoms with E-state index in [2.05, 4.69) is 30.7 Å². The van der Waals surface area contributed by atoms with Crippen LogP contribution in [0.5, 0.6) is 5.88 Å². The largest absolute Gasteiger partial charge is 0.474 e. The number of hydrogen-bond acceptors (Lipinski definition) is 10. The van der Waals surface area contributed by atoms with Crippen molar-refractivity contribution in [2.75, 3.05) is 49.8 Å². The number of hydrogen-bond donors (Lipinski definition) is 3. The molecule has 39 heavy (non-hydrogen) atoms. The number of nitrogens with zero attached hydrogens (tertiary/aromatic N) is 6. The van der Waals surface area contributed by atoms with E-state index in [0.29, 0.717) is 49.5 Å². The number of aromatic nitrogens is 5. The Kier molecular flexibility index (Phi) is 6.39. The number of nitrogens with two attached hydrogens (primary N) is 1. The highest BCUT2D eigenvalue weighted by molar-refractivity contribution is 5.95. The van der Waals surface area contributed by atoms with Crippen molar-refractivity contribution in [1.82, 2.24) is 29.6 Å². The zero-order valence-corrected chi connectivity index (χ0v) is 22.2. The molecule has 2 aliphatic heterocycles. The SMILES string of the molecule is COC[C@@H](C)N1CCc2cc(Nc3cc4cc(-c5cnc6c(c5C)NCCO6)nc(N)c4cn3)nn2CC1=O. The van der Waals surface area contributed by atoms with Crippen LogP contribution in [0.15, 0.2) is 30.6 Å². The van der Waals surface area contributed by atoms with Gasteiger partial charge in [-0.15, -0.1) is 0 Å². The first-order chi connectivity index (χ1) is 18.9. The van der Waals surface area contributed by atoms with Crippen LogP contribution in [0.2, 0.25) is 0 Å². The van der Waals surface area contributed by atoms with E-state index >= 15 is 0 Å². The molecule has 1 amide bonds. The molecule has 2 aliphatic rings. The van der Waals surface area contributed by atoms with Crippen molar-refractivity contribution >= 4 is 39.8 Å². The van der Waals surface area contributed by atoms with Crippen molar-refractivity contribution in [3.8, 4) is 17.1 Å². The van der Waals surface area contributed by atoms with Gasteiger partial charge in [0.05, 0.1) is 18.3 Å². The number of rotatable bonds is 6. The predicted octanol–water partition coefficient (Wildman–Crippen LogP) is 2.75. The second-order valence-electron chi connectivity index (χ2n) is 9.88. The van der Waals surface area contributed by atoms with E-state index < -0.39 is 0 Å². The first kappa shape index (κ1) is 24.9. The molecule has 12 heteroatoms. The van der Waals surface area contributed by atoms with Gasteiger partial charge in [-0.25, -0.2) is 15.0 Å². The molecular weight excluding hydrogens is 498 g/mol. The number of carbonyl (C=O) groups excluding carboxylic acids is 1. The van der Waals surface area contributed by atoms with Crippen LogP contribution in [-0.2, 0) is 22.5 Å². The maximum Gasteiger partial charge on any atom is 0.244 e. The van der Waals surface area contributed by atoms with Crippen LogP contribution >= 0.6 is 0 Å². The van der Waals surface area contributed by atoms with Gasteiger partial charge in [0, 0.05) is 61.7 Å². The number of fused-ring (bicyclic) bond motifs is 3. The highest BCUT2D eigenvalue weighted by atomic mass is 16.5. The summed E-state index contributed by atoms with van der Waals surface area (Å²) in [6.07, 6.45) is 4.18. The molecule has 0 radical (unpaired) electrons. The van der Waals surface area contributed by atoms with E-state index in [1.54, 1.807) is 24.2 Å². The first-order valence-electron chi connectivity index (χ1n) is 13.0. The highest BCUT2D eigenvalue weighted by Gasteiger charge is 2.26. The van der Waals surface area contributed by atoms with Gasteiger partial charge < -0.3 is 30.7 Å². The summed E-state index contributed by atoms with van der Waals surface area (Å²) in [5, 5.41) is 12.9. The molecule has 0 spiro atoms. The molecule has 0 fully saturated rings. The van der Waals surface area contributed by atoms with Crippen molar-refractivity contribution < 1.29 is 14.3 Å². The monoisotopic (exact) mass is 529 g/mol. The topological polar surface area (TPSA) is 145 Å². The van der Waals surface area contributed by atoms with Crippen LogP contribution in [-0.4, -0.2) is 75.0 Å². The van der Waals surface area contributed by atoms with E-state index in [4.69, 9.17) is 15.2 Å². The molecule has 202 valence electrons. The summed E-state index contributed by atoms with van der Waals surface area (Å²) in [6.45, 7) is 6.64. The Morgan fingerprint density at radius 3 is 2.95 bits per heavy atom. The Labute approximate surface area is 225 Å². The van der Waals surface area contributed by atoms with E-state index in [-0.39, 0.29) is 18.5 Å². The minimum absolute atomic E-state index is 0.0174. The molecular formula is C27H31N9O3. The summed E-state index contributed by atoms with van der Waals surface area (Å²) in [4.78, 5) is 28.3. The molecule has 0 aromatic carbocycles. The average Bonchev–Trinajstić information content (AvgIpc) is 3.21. The molecule has 0 saturated heterocycles. The number of methoxy groups -OCH3 is 1. The van der Waals surface area contributed by atoms with Crippen molar-refractivity contribution in [2.45, 2.75) is 32.9 Å². The fraction of sp³-hybridized carbons (Fsp3) is 0.370. The van der Waals surface area contributed by atoms with Gasteiger partial charge in [-0.2, -0.15) is 5.10 Å². The van der Waals surface area contributed by atoms with Gasteiger partial charge in [0.1, 0.15) is 30.5 Å². The van der Waals surface area contributed by atoms with E-state index in [9.17, 15) is 4.79 Å². The molecule has 6 rings (SSSR count). The molecule has 1 atom stereocenters. The number of carbonyl (C=O) groups is 1. The van der Waals surface area contributed by atoms with Gasteiger partial charge in [-0.1, -0.05) is 0 Å². The van der Waals surface area contributed by atoms with Gasteiger partial charge in [0.25, 0.3) is 0 Å². The lowest BCUT2D eigenvalue weighted by Crippen LogP contribution is -2.42. The fourth-order valence-electron chi connectivity index (χ4n) is 5.22. The summed E-state index contributed by atoms with van der Waals surface area (Å²) in [5.74, 6) is 2.27. The van der Waals surface area contributed by atoms with Crippen molar-refractivity contribution in [2.24, 2.45) is 0 Å². The lowest BCUT2D eigenvalue weighted by molar-refractivity contribution is -0.134. The fourth-order valence-corrected chi connectivity index (χ4v) is 5.22. The first-order valence-corrected chi connectivity index (χ1v) is 13.0. The Balaban J connectivity index is 1.26. The quantitative estimate of drug-likeness (QED) is 0.341. The highest BCUT2D eigenvalue weighted by Crippen LogP contribution is 2.36. The number of anilines is 4. The van der Waals surface area contributed by atoms with E-state index in [1.807, 2.05) is 36.9 Å². The number of nitrogens with one attached hydrogen (secondary N) is 2. The second-order valence-corrected chi connectivity index (χ2v) is 9.88. The summed E-state index contributed by atoms with van der Waals surface area (Å²) in [5.41, 5.74) is 10.8. The molecule has 4 aromatic heterocycles. The van der Waals surface area contributed by atoms with Crippen molar-refractivity contribution in [3.63, 3.8) is 0 Å². The normalized spacial score (nSPS) is 15.7. The van der Waals surface area contributed by atoms with Gasteiger partial charge >= 0.3 is 0 Å². The number of ether oxygens (including phenoxy) is 2. The Bertz CT molecular complexity index is 1570. The maximum absolute atomic E-state index is 12.8. The zero-order valence-electron chi connectivity index (χ0n) is 22.2. The summed E-state index contributed by atoms with van der Waals surface area (Å²) in [6, 6.07) is 5.88. The smallest absolute Gasteiger partial charge is 0.244 e. The summed E-state index contributed by atoms with van der Waals surface area (Å²) >= 11 is 0. The van der Waals surface area contributed by atoms with Gasteiger partial charge in [-0.3, -0.25) is 9.48 Å².